The molecule has 0 unspecified atom stereocenters. The number of rotatable bonds is 7. The highest BCUT2D eigenvalue weighted by atomic mass is 16.5. The van der Waals surface area contributed by atoms with Gasteiger partial charge in [0.05, 0.1) is 20.8 Å². The van der Waals surface area contributed by atoms with Gasteiger partial charge in [0.2, 0.25) is 0 Å². The summed E-state index contributed by atoms with van der Waals surface area (Å²) in [4.78, 5) is 16.3. The van der Waals surface area contributed by atoms with Gasteiger partial charge in [-0.05, 0) is 6.54 Å². The predicted molar refractivity (Wildman–Crippen MR) is 92.1 cm³/mol. The van der Waals surface area contributed by atoms with Crippen LogP contribution in [0, 0.1) is 0 Å². The molecule has 1 saturated heterocycles. The maximum Gasteiger partial charge on any atom is 0.317 e. The van der Waals surface area contributed by atoms with Crippen LogP contribution in [0.15, 0.2) is 18.2 Å². The number of piperazine rings is 1. The Bertz CT molecular complexity index is 508. The number of amides is 2. The SMILES string of the molecule is CCN1CCN(C(=O)NCCOc2cc(OC)cc(OC)c2)CC1. The molecule has 1 aromatic rings. The molecule has 0 spiro atoms. The lowest BCUT2D eigenvalue weighted by Crippen LogP contribution is -2.52. The van der Waals surface area contributed by atoms with Crippen LogP contribution >= 0.6 is 0 Å². The van der Waals surface area contributed by atoms with Crippen LogP contribution in [0.3, 0.4) is 0 Å². The predicted octanol–water partition coefficient (Wildman–Crippen LogP) is 1.43. The number of carbonyl (C=O) groups excluding carboxylic acids is 1. The summed E-state index contributed by atoms with van der Waals surface area (Å²) < 4.78 is 16.1. The Hall–Kier alpha value is -2.15. The van der Waals surface area contributed by atoms with Gasteiger partial charge in [0, 0.05) is 44.4 Å². The van der Waals surface area contributed by atoms with Gasteiger partial charge >= 0.3 is 6.03 Å². The number of nitrogens with one attached hydrogen (secondary N) is 1. The molecule has 1 aromatic carbocycles. The zero-order chi connectivity index (χ0) is 17.4. The molecule has 7 nitrogen and oxygen atoms in total. The molecule has 2 amide bonds. The summed E-state index contributed by atoms with van der Waals surface area (Å²) in [6.07, 6.45) is 0. The van der Waals surface area contributed by atoms with E-state index in [1.807, 2.05) is 4.90 Å². The second-order valence-electron chi connectivity index (χ2n) is 5.55. The van der Waals surface area contributed by atoms with Crippen molar-refractivity contribution in [3.63, 3.8) is 0 Å². The van der Waals surface area contributed by atoms with Crippen molar-refractivity contribution in [3.05, 3.63) is 18.2 Å². The topological polar surface area (TPSA) is 63.3 Å². The van der Waals surface area contributed by atoms with Gasteiger partial charge in [-0.25, -0.2) is 4.79 Å². The standard InChI is InChI=1S/C17H27N3O4/c1-4-19-6-8-20(9-7-19)17(21)18-5-10-24-16-12-14(22-2)11-15(13-16)23-3/h11-13H,4-10H2,1-3H3,(H,18,21). The average molecular weight is 337 g/mol. The Morgan fingerprint density at radius 3 is 2.17 bits per heavy atom. The quantitative estimate of drug-likeness (QED) is 0.763. The molecule has 0 bridgehead atoms. The summed E-state index contributed by atoms with van der Waals surface area (Å²) >= 11 is 0. The van der Waals surface area contributed by atoms with E-state index >= 15 is 0 Å². The number of methoxy groups -OCH3 is 2. The molecule has 24 heavy (non-hydrogen) atoms. The molecule has 1 N–H and O–H groups in total. The van der Waals surface area contributed by atoms with Gasteiger partial charge in [0.15, 0.2) is 0 Å². The van der Waals surface area contributed by atoms with E-state index in [2.05, 4.69) is 17.1 Å². The van der Waals surface area contributed by atoms with Crippen LogP contribution in [0.5, 0.6) is 17.2 Å². The summed E-state index contributed by atoms with van der Waals surface area (Å²) in [6.45, 7) is 7.42. The zero-order valence-electron chi connectivity index (χ0n) is 14.7. The van der Waals surface area contributed by atoms with E-state index in [1.165, 1.54) is 0 Å². The molecule has 0 aliphatic carbocycles. The third-order valence-electron chi connectivity index (χ3n) is 4.08. The highest BCUT2D eigenvalue weighted by molar-refractivity contribution is 5.74. The van der Waals surface area contributed by atoms with Gasteiger partial charge in [0.25, 0.3) is 0 Å². The number of hydrogen-bond donors (Lipinski definition) is 1. The molecular weight excluding hydrogens is 310 g/mol. The lowest BCUT2D eigenvalue weighted by atomic mass is 10.3. The number of benzene rings is 1. The van der Waals surface area contributed by atoms with E-state index in [0.29, 0.717) is 30.4 Å². The minimum atomic E-state index is -0.0300. The van der Waals surface area contributed by atoms with E-state index in [-0.39, 0.29) is 6.03 Å². The third kappa shape index (κ3) is 5.19. The summed E-state index contributed by atoms with van der Waals surface area (Å²) in [5.41, 5.74) is 0. The summed E-state index contributed by atoms with van der Waals surface area (Å²) in [5, 5.41) is 2.89. The lowest BCUT2D eigenvalue weighted by molar-refractivity contribution is 0.142. The molecule has 1 heterocycles. The van der Waals surface area contributed by atoms with Crippen molar-refractivity contribution in [3.8, 4) is 17.2 Å². The highest BCUT2D eigenvalue weighted by Gasteiger charge is 2.19. The Morgan fingerprint density at radius 2 is 1.62 bits per heavy atom. The van der Waals surface area contributed by atoms with E-state index in [9.17, 15) is 4.79 Å². The molecular formula is C17H27N3O4. The summed E-state index contributed by atoms with van der Waals surface area (Å²) in [5.74, 6) is 1.99. The van der Waals surface area contributed by atoms with Gasteiger partial charge in [-0.2, -0.15) is 0 Å². The molecule has 134 valence electrons. The van der Waals surface area contributed by atoms with E-state index in [0.717, 1.165) is 32.7 Å². The van der Waals surface area contributed by atoms with Gasteiger partial charge < -0.3 is 29.3 Å². The van der Waals surface area contributed by atoms with Gasteiger partial charge in [-0.15, -0.1) is 0 Å². The van der Waals surface area contributed by atoms with Crippen molar-refractivity contribution in [1.82, 2.24) is 15.1 Å². The van der Waals surface area contributed by atoms with Crippen LogP contribution in [0.4, 0.5) is 4.79 Å². The van der Waals surface area contributed by atoms with Crippen LogP contribution in [-0.4, -0.2) is 75.9 Å². The average Bonchev–Trinajstić information content (AvgIpc) is 2.64. The molecule has 1 aliphatic rings. The van der Waals surface area contributed by atoms with Crippen LogP contribution in [0.1, 0.15) is 6.92 Å². The van der Waals surface area contributed by atoms with E-state index in [1.54, 1.807) is 32.4 Å². The molecule has 0 radical (unpaired) electrons. The Labute approximate surface area is 143 Å². The minimum absolute atomic E-state index is 0.0300. The highest BCUT2D eigenvalue weighted by Crippen LogP contribution is 2.27. The van der Waals surface area contributed by atoms with Crippen LogP contribution in [-0.2, 0) is 0 Å². The summed E-state index contributed by atoms with van der Waals surface area (Å²) in [7, 11) is 3.19. The first-order chi connectivity index (χ1) is 11.7. The minimum Gasteiger partial charge on any atom is -0.496 e. The van der Waals surface area contributed by atoms with Crippen LogP contribution < -0.4 is 19.5 Å². The summed E-state index contributed by atoms with van der Waals surface area (Å²) in [6, 6.07) is 5.32. The number of hydrogen-bond acceptors (Lipinski definition) is 5. The Kier molecular flexibility index (Phi) is 6.99. The van der Waals surface area contributed by atoms with Crippen molar-refractivity contribution in [2.75, 3.05) is 60.1 Å². The van der Waals surface area contributed by atoms with Crippen molar-refractivity contribution in [2.45, 2.75) is 6.92 Å². The van der Waals surface area contributed by atoms with Crippen molar-refractivity contribution in [1.29, 1.82) is 0 Å². The lowest BCUT2D eigenvalue weighted by Gasteiger charge is -2.33. The molecule has 1 aliphatic heterocycles. The normalized spacial score (nSPS) is 15.0. The van der Waals surface area contributed by atoms with Crippen LogP contribution in [0.2, 0.25) is 0 Å². The molecule has 0 saturated carbocycles. The Balaban J connectivity index is 1.72. The van der Waals surface area contributed by atoms with Crippen LogP contribution in [0.25, 0.3) is 0 Å². The molecule has 7 heteroatoms. The number of likely N-dealkylation sites (N-methyl/N-ethyl adjacent to an activating group) is 1. The Morgan fingerprint density at radius 1 is 1.04 bits per heavy atom. The van der Waals surface area contributed by atoms with Gasteiger partial charge in [-0.3, -0.25) is 0 Å². The second-order valence-corrected chi connectivity index (χ2v) is 5.55. The first kappa shape index (κ1) is 18.2. The van der Waals surface area contributed by atoms with Crippen molar-refractivity contribution in [2.24, 2.45) is 0 Å². The van der Waals surface area contributed by atoms with Gasteiger partial charge in [-0.1, -0.05) is 6.92 Å². The first-order valence-electron chi connectivity index (χ1n) is 8.27. The number of ether oxygens (including phenoxy) is 3. The van der Waals surface area contributed by atoms with Crippen molar-refractivity contribution < 1.29 is 19.0 Å². The molecule has 1 fully saturated rings. The second kappa shape index (κ2) is 9.22. The van der Waals surface area contributed by atoms with E-state index in [4.69, 9.17) is 14.2 Å². The number of nitrogens with zero attached hydrogens (tertiary/aromatic N) is 2. The largest absolute Gasteiger partial charge is 0.496 e. The fourth-order valence-electron chi connectivity index (χ4n) is 2.57. The third-order valence-corrected chi connectivity index (χ3v) is 4.08. The smallest absolute Gasteiger partial charge is 0.317 e. The number of carbonyl (C=O) groups is 1. The first-order valence-corrected chi connectivity index (χ1v) is 8.27. The maximum absolute atomic E-state index is 12.1. The monoisotopic (exact) mass is 337 g/mol. The van der Waals surface area contributed by atoms with Gasteiger partial charge in [0.1, 0.15) is 23.9 Å². The number of urea groups is 1. The molecule has 0 aromatic heterocycles. The fraction of sp³-hybridized carbons (Fsp3) is 0.588. The molecule has 0 atom stereocenters. The maximum atomic E-state index is 12.1. The molecule has 2 rings (SSSR count). The fourth-order valence-corrected chi connectivity index (χ4v) is 2.57. The van der Waals surface area contributed by atoms with Crippen molar-refractivity contribution >= 4 is 6.03 Å². The van der Waals surface area contributed by atoms with E-state index < -0.39 is 0 Å². The zero-order valence-corrected chi connectivity index (χ0v) is 14.7.